The van der Waals surface area contributed by atoms with Crippen LogP contribution in [0.15, 0.2) is 77.9 Å². The van der Waals surface area contributed by atoms with E-state index in [-0.39, 0.29) is 18.0 Å². The van der Waals surface area contributed by atoms with Gasteiger partial charge in [0.05, 0.1) is 38.3 Å². The van der Waals surface area contributed by atoms with Crippen LogP contribution in [0.25, 0.3) is 21.9 Å². The minimum Gasteiger partial charge on any atom is -0.497 e. The minimum absolute atomic E-state index is 0.0510. The lowest BCUT2D eigenvalue weighted by molar-refractivity contribution is -0.116. The number of ether oxygens (including phenoxy) is 2. The van der Waals surface area contributed by atoms with Crippen LogP contribution < -0.4 is 20.3 Å². The summed E-state index contributed by atoms with van der Waals surface area (Å²) in [4.78, 5) is 31.5. The molecule has 1 N–H and O–H groups in total. The van der Waals surface area contributed by atoms with Crippen LogP contribution in [0.1, 0.15) is 11.1 Å². The summed E-state index contributed by atoms with van der Waals surface area (Å²) in [6, 6.07) is 20.6. The van der Waals surface area contributed by atoms with Gasteiger partial charge >= 0.3 is 0 Å². The first kappa shape index (κ1) is 23.2. The topological polar surface area (TPSA) is 87.4 Å². The molecule has 8 heteroatoms. The number of nitrogens with one attached hydrogen (secondary N) is 1. The van der Waals surface area contributed by atoms with Crippen molar-refractivity contribution in [2.45, 2.75) is 20.0 Å². The number of hydrogen-bond acceptors (Lipinski definition) is 5. The average molecular weight is 483 g/mol. The van der Waals surface area contributed by atoms with E-state index < -0.39 is 0 Å². The van der Waals surface area contributed by atoms with E-state index in [1.807, 2.05) is 61.5 Å². The van der Waals surface area contributed by atoms with Crippen LogP contribution in [0.5, 0.6) is 11.5 Å². The van der Waals surface area contributed by atoms with Crippen LogP contribution in [-0.4, -0.2) is 34.2 Å². The molecule has 0 spiro atoms. The van der Waals surface area contributed by atoms with Gasteiger partial charge in [-0.05, 0) is 48.9 Å². The number of anilines is 1. The first-order valence-electron chi connectivity index (χ1n) is 11.5. The lowest BCUT2D eigenvalue weighted by Crippen LogP contribution is -2.25. The Morgan fingerprint density at radius 3 is 2.53 bits per heavy atom. The Balaban J connectivity index is 1.57. The number of methoxy groups -OCH3 is 2. The summed E-state index contributed by atoms with van der Waals surface area (Å²) in [7, 11) is 3.17. The number of aryl methyl sites for hydroxylation is 1. The maximum absolute atomic E-state index is 13.7. The maximum atomic E-state index is 13.7. The molecule has 0 unspecified atom stereocenters. The summed E-state index contributed by atoms with van der Waals surface area (Å²) in [5, 5.41) is 3.74. The normalized spacial score (nSPS) is 11.1. The zero-order valence-electron chi connectivity index (χ0n) is 20.3. The molecule has 0 saturated heterocycles. The van der Waals surface area contributed by atoms with Crippen LogP contribution in [-0.2, 0) is 17.9 Å². The summed E-state index contributed by atoms with van der Waals surface area (Å²) in [5.41, 5.74) is 4.08. The highest BCUT2D eigenvalue weighted by Crippen LogP contribution is 2.27. The van der Waals surface area contributed by atoms with Crippen molar-refractivity contribution in [3.8, 4) is 11.5 Å². The second-order valence-corrected chi connectivity index (χ2v) is 8.58. The molecule has 1 amide bonds. The molecule has 0 fully saturated rings. The Labute approximate surface area is 207 Å². The van der Waals surface area contributed by atoms with Gasteiger partial charge in [-0.25, -0.2) is 4.98 Å². The third-order valence-electron chi connectivity index (χ3n) is 6.18. The fraction of sp³-hybridized carbons (Fsp3) is 0.179. The monoisotopic (exact) mass is 482 g/mol. The van der Waals surface area contributed by atoms with Gasteiger partial charge in [0.25, 0.3) is 5.56 Å². The predicted octanol–water partition coefficient (Wildman–Crippen LogP) is 4.36. The van der Waals surface area contributed by atoms with Crippen LogP contribution in [0.3, 0.4) is 0 Å². The minimum atomic E-state index is -0.274. The lowest BCUT2D eigenvalue weighted by Gasteiger charge is -2.12. The van der Waals surface area contributed by atoms with E-state index in [1.165, 1.54) is 0 Å². The number of benzene rings is 3. The number of hydrogen-bond donors (Lipinski definition) is 1. The molecule has 5 aromatic rings. The zero-order valence-corrected chi connectivity index (χ0v) is 20.3. The molecule has 0 aliphatic carbocycles. The molecule has 182 valence electrons. The summed E-state index contributed by atoms with van der Waals surface area (Å²) < 4.78 is 13.9. The van der Waals surface area contributed by atoms with Crippen LogP contribution in [0.4, 0.5) is 5.69 Å². The maximum Gasteiger partial charge on any atom is 0.278 e. The highest BCUT2D eigenvalue weighted by Gasteiger charge is 2.19. The average Bonchev–Trinajstić information content (AvgIpc) is 3.19. The van der Waals surface area contributed by atoms with E-state index >= 15 is 0 Å². The van der Waals surface area contributed by atoms with E-state index in [4.69, 9.17) is 9.47 Å². The van der Waals surface area contributed by atoms with Gasteiger partial charge in [-0.15, -0.1) is 0 Å². The summed E-state index contributed by atoms with van der Waals surface area (Å²) in [6.07, 6.45) is 1.57. The molecule has 0 radical (unpaired) electrons. The lowest BCUT2D eigenvalue weighted by atomic mass is 10.1. The van der Waals surface area contributed by atoms with Gasteiger partial charge in [0.15, 0.2) is 0 Å². The quantitative estimate of drug-likeness (QED) is 0.372. The van der Waals surface area contributed by atoms with Gasteiger partial charge in [-0.2, -0.15) is 0 Å². The molecule has 0 bridgehead atoms. The smallest absolute Gasteiger partial charge is 0.278 e. The van der Waals surface area contributed by atoms with E-state index in [1.54, 1.807) is 41.8 Å². The van der Waals surface area contributed by atoms with Gasteiger partial charge in [0.1, 0.15) is 29.1 Å². The molecular weight excluding hydrogens is 456 g/mol. The number of nitrogens with zero attached hydrogens (tertiary/aromatic N) is 3. The highest BCUT2D eigenvalue weighted by molar-refractivity contribution is 6.07. The van der Waals surface area contributed by atoms with Crippen molar-refractivity contribution in [2.24, 2.45) is 0 Å². The van der Waals surface area contributed by atoms with Crippen molar-refractivity contribution in [1.29, 1.82) is 0 Å². The van der Waals surface area contributed by atoms with E-state index in [0.717, 1.165) is 27.8 Å². The number of carbonyl (C=O) groups is 1. The van der Waals surface area contributed by atoms with Crippen molar-refractivity contribution in [3.63, 3.8) is 0 Å². The fourth-order valence-electron chi connectivity index (χ4n) is 4.40. The van der Waals surface area contributed by atoms with Gasteiger partial charge in [-0.1, -0.05) is 35.9 Å². The Kier molecular flexibility index (Phi) is 6.16. The highest BCUT2D eigenvalue weighted by atomic mass is 16.5. The van der Waals surface area contributed by atoms with Crippen LogP contribution in [0.2, 0.25) is 0 Å². The first-order valence-corrected chi connectivity index (χ1v) is 11.5. The third kappa shape index (κ3) is 4.29. The van der Waals surface area contributed by atoms with Crippen molar-refractivity contribution in [3.05, 3.63) is 94.5 Å². The molecule has 2 aromatic heterocycles. The number of carbonyl (C=O) groups excluding carboxylic acids is 1. The molecule has 2 heterocycles. The molecule has 0 aliphatic heterocycles. The zero-order chi connectivity index (χ0) is 25.2. The van der Waals surface area contributed by atoms with E-state index in [9.17, 15) is 9.59 Å². The summed E-state index contributed by atoms with van der Waals surface area (Å²) in [6.45, 7) is 2.28. The molecule has 5 rings (SSSR count). The molecule has 36 heavy (non-hydrogen) atoms. The number of fused-ring (bicyclic) bond motifs is 3. The van der Waals surface area contributed by atoms with Gasteiger partial charge in [-0.3, -0.25) is 14.2 Å². The second kappa shape index (κ2) is 9.58. The van der Waals surface area contributed by atoms with Crippen molar-refractivity contribution >= 4 is 33.5 Å². The number of rotatable bonds is 7. The van der Waals surface area contributed by atoms with Gasteiger partial charge in [0, 0.05) is 5.39 Å². The Hall–Kier alpha value is -4.59. The van der Waals surface area contributed by atoms with Crippen molar-refractivity contribution in [2.75, 3.05) is 19.5 Å². The molecule has 3 aromatic carbocycles. The molecule has 0 saturated carbocycles. The summed E-state index contributed by atoms with van der Waals surface area (Å²) >= 11 is 0. The Bertz CT molecular complexity index is 1630. The SMILES string of the molecule is COc1ccc(Cn2cnc3c4cc(C)ccc4n(CC(=O)Nc4ccccc4OC)c3c2=O)cc1. The second-order valence-electron chi connectivity index (χ2n) is 8.58. The van der Waals surface area contributed by atoms with Gasteiger partial charge < -0.3 is 19.4 Å². The largest absolute Gasteiger partial charge is 0.497 e. The number of amides is 1. The number of para-hydroxylation sites is 2. The van der Waals surface area contributed by atoms with E-state index in [2.05, 4.69) is 10.3 Å². The Morgan fingerprint density at radius 1 is 1.00 bits per heavy atom. The third-order valence-corrected chi connectivity index (χ3v) is 6.18. The molecular formula is C28H26N4O4. The molecule has 0 atom stereocenters. The fourth-order valence-corrected chi connectivity index (χ4v) is 4.40. The predicted molar refractivity (Wildman–Crippen MR) is 140 cm³/mol. The molecule has 8 nitrogen and oxygen atoms in total. The molecule has 0 aliphatic rings. The summed E-state index contributed by atoms with van der Waals surface area (Å²) in [5.74, 6) is 1.03. The van der Waals surface area contributed by atoms with Crippen molar-refractivity contribution in [1.82, 2.24) is 14.1 Å². The van der Waals surface area contributed by atoms with Crippen molar-refractivity contribution < 1.29 is 14.3 Å². The van der Waals surface area contributed by atoms with Crippen LogP contribution in [0, 0.1) is 6.92 Å². The standard InChI is InChI=1S/C28H26N4O4/c1-18-8-13-23-21(14-18)26-27(32(23)16-25(33)30-22-6-4-5-7-24(22)36-3)28(34)31(17-29-26)15-19-9-11-20(35-2)12-10-19/h4-14,17H,15-16H2,1-3H3,(H,30,33). The van der Waals surface area contributed by atoms with E-state index in [0.29, 0.717) is 29.0 Å². The van der Waals surface area contributed by atoms with Crippen LogP contribution >= 0.6 is 0 Å². The van der Waals surface area contributed by atoms with Gasteiger partial charge in [0.2, 0.25) is 5.91 Å². The Morgan fingerprint density at radius 2 is 1.78 bits per heavy atom. The first-order chi connectivity index (χ1) is 17.5. The number of aromatic nitrogens is 3.